The first-order valence-corrected chi connectivity index (χ1v) is 6.97. The van der Waals surface area contributed by atoms with Crippen molar-refractivity contribution < 1.29 is 4.79 Å². The van der Waals surface area contributed by atoms with Crippen LogP contribution in [-0.4, -0.2) is 54.0 Å². The topological polar surface area (TPSA) is 49.6 Å². The van der Waals surface area contributed by atoms with E-state index < -0.39 is 0 Å². The zero-order chi connectivity index (χ0) is 12.3. The van der Waals surface area contributed by atoms with Crippen molar-refractivity contribution in [2.24, 2.45) is 5.73 Å². The number of hydrogen-bond acceptors (Lipinski definition) is 3. The Bertz CT molecular complexity index is 263. The van der Waals surface area contributed by atoms with E-state index in [0.717, 1.165) is 25.9 Å². The van der Waals surface area contributed by atoms with E-state index in [1.165, 1.54) is 32.4 Å². The first kappa shape index (κ1) is 19.0. The minimum atomic E-state index is -0.346. The lowest BCUT2D eigenvalue weighted by atomic mass is 9.99. The molecular formula is C13H27Cl2N3O. The van der Waals surface area contributed by atoms with Crippen LogP contribution in [-0.2, 0) is 4.79 Å². The number of carbonyl (C=O) groups is 1. The van der Waals surface area contributed by atoms with E-state index in [4.69, 9.17) is 5.73 Å². The lowest BCUT2D eigenvalue weighted by Crippen LogP contribution is -2.51. The predicted molar refractivity (Wildman–Crippen MR) is 83.2 cm³/mol. The molecule has 0 saturated carbocycles. The average molecular weight is 312 g/mol. The Morgan fingerprint density at radius 3 is 2.05 bits per heavy atom. The van der Waals surface area contributed by atoms with Crippen LogP contribution >= 0.6 is 24.8 Å². The van der Waals surface area contributed by atoms with Crippen molar-refractivity contribution in [3.05, 3.63) is 0 Å². The molecule has 2 N–H and O–H groups in total. The maximum atomic E-state index is 11.8. The van der Waals surface area contributed by atoms with Gasteiger partial charge >= 0.3 is 0 Å². The third kappa shape index (κ3) is 5.10. The molecule has 1 amide bonds. The molecule has 6 heteroatoms. The van der Waals surface area contributed by atoms with Crippen molar-refractivity contribution in [3.8, 4) is 0 Å². The van der Waals surface area contributed by atoms with Crippen molar-refractivity contribution in [1.82, 2.24) is 9.80 Å². The van der Waals surface area contributed by atoms with Gasteiger partial charge in [0.2, 0.25) is 5.91 Å². The Hall–Kier alpha value is -0.0300. The van der Waals surface area contributed by atoms with Crippen LogP contribution in [0.2, 0.25) is 0 Å². The molecule has 2 heterocycles. The first-order chi connectivity index (χ1) is 8.18. The van der Waals surface area contributed by atoms with Crippen molar-refractivity contribution in [3.63, 3.8) is 0 Å². The number of hydrogen-bond donors (Lipinski definition) is 1. The van der Waals surface area contributed by atoms with Crippen LogP contribution in [0.1, 0.15) is 39.0 Å². The summed E-state index contributed by atoms with van der Waals surface area (Å²) in [6.45, 7) is 6.07. The van der Waals surface area contributed by atoms with Gasteiger partial charge in [-0.3, -0.25) is 4.79 Å². The van der Waals surface area contributed by atoms with Crippen molar-refractivity contribution >= 4 is 30.7 Å². The third-order valence-electron chi connectivity index (χ3n) is 4.07. The van der Waals surface area contributed by atoms with E-state index in [0.29, 0.717) is 6.04 Å². The molecule has 19 heavy (non-hydrogen) atoms. The van der Waals surface area contributed by atoms with Crippen LogP contribution in [0.25, 0.3) is 0 Å². The minimum Gasteiger partial charge on any atom is -0.341 e. The Morgan fingerprint density at radius 1 is 1.05 bits per heavy atom. The first-order valence-electron chi connectivity index (χ1n) is 6.97. The van der Waals surface area contributed by atoms with Gasteiger partial charge in [-0.15, -0.1) is 24.8 Å². The Kier molecular flexibility index (Phi) is 8.99. The van der Waals surface area contributed by atoms with Gasteiger partial charge < -0.3 is 15.5 Å². The molecule has 0 aliphatic carbocycles. The number of halogens is 2. The zero-order valence-corrected chi connectivity index (χ0v) is 13.3. The van der Waals surface area contributed by atoms with E-state index in [9.17, 15) is 4.79 Å². The van der Waals surface area contributed by atoms with Crippen molar-refractivity contribution in [1.29, 1.82) is 0 Å². The monoisotopic (exact) mass is 311 g/mol. The molecule has 2 aliphatic rings. The standard InChI is InChI=1S/C13H25N3O.2ClH/c1-11(14)13(17)16-9-5-12(6-10-16)15-7-3-2-4-8-15;;/h11-12H,2-10,14H2,1H3;2*1H. The van der Waals surface area contributed by atoms with Gasteiger partial charge in [0.25, 0.3) is 0 Å². The summed E-state index contributed by atoms with van der Waals surface area (Å²) in [7, 11) is 0. The summed E-state index contributed by atoms with van der Waals surface area (Å²) in [6.07, 6.45) is 6.33. The third-order valence-corrected chi connectivity index (χ3v) is 4.07. The maximum absolute atomic E-state index is 11.8. The van der Waals surface area contributed by atoms with Crippen LogP contribution in [0.5, 0.6) is 0 Å². The van der Waals surface area contributed by atoms with Crippen LogP contribution in [0, 0.1) is 0 Å². The number of carbonyl (C=O) groups excluding carboxylic acids is 1. The molecule has 0 bridgehead atoms. The normalized spacial score (nSPS) is 23.2. The second-order valence-corrected chi connectivity index (χ2v) is 5.44. The smallest absolute Gasteiger partial charge is 0.239 e. The molecule has 0 aromatic heterocycles. The number of rotatable bonds is 2. The van der Waals surface area contributed by atoms with Crippen LogP contribution in [0.3, 0.4) is 0 Å². The molecule has 0 radical (unpaired) electrons. The largest absolute Gasteiger partial charge is 0.341 e. The molecule has 2 rings (SSSR count). The lowest BCUT2D eigenvalue weighted by Gasteiger charge is -2.40. The summed E-state index contributed by atoms with van der Waals surface area (Å²) in [5, 5.41) is 0. The highest BCUT2D eigenvalue weighted by atomic mass is 35.5. The van der Waals surface area contributed by atoms with E-state index in [2.05, 4.69) is 4.90 Å². The summed E-state index contributed by atoms with van der Waals surface area (Å²) in [4.78, 5) is 16.3. The summed E-state index contributed by atoms with van der Waals surface area (Å²) in [5.41, 5.74) is 5.64. The van der Waals surface area contributed by atoms with Gasteiger partial charge in [-0.2, -0.15) is 0 Å². The molecule has 1 unspecified atom stereocenters. The Morgan fingerprint density at radius 2 is 1.58 bits per heavy atom. The van der Waals surface area contributed by atoms with Gasteiger partial charge in [-0.1, -0.05) is 6.42 Å². The quantitative estimate of drug-likeness (QED) is 0.843. The number of nitrogens with two attached hydrogens (primary N) is 1. The van der Waals surface area contributed by atoms with Gasteiger partial charge in [0.1, 0.15) is 0 Å². The maximum Gasteiger partial charge on any atom is 0.239 e. The molecule has 4 nitrogen and oxygen atoms in total. The fraction of sp³-hybridized carbons (Fsp3) is 0.923. The average Bonchev–Trinajstić information content (AvgIpc) is 2.39. The van der Waals surface area contributed by atoms with E-state index in [1.54, 1.807) is 6.92 Å². The minimum absolute atomic E-state index is 0. The molecule has 0 aromatic carbocycles. The summed E-state index contributed by atoms with van der Waals surface area (Å²) < 4.78 is 0. The van der Waals surface area contributed by atoms with Crippen LogP contribution in [0.4, 0.5) is 0 Å². The summed E-state index contributed by atoms with van der Waals surface area (Å²) in [5.74, 6) is 0.113. The zero-order valence-electron chi connectivity index (χ0n) is 11.7. The van der Waals surface area contributed by atoms with E-state index >= 15 is 0 Å². The van der Waals surface area contributed by atoms with Crippen molar-refractivity contribution in [2.75, 3.05) is 26.2 Å². The van der Waals surface area contributed by atoms with E-state index in [-0.39, 0.29) is 36.8 Å². The second-order valence-electron chi connectivity index (χ2n) is 5.44. The highest BCUT2D eigenvalue weighted by Gasteiger charge is 2.28. The fourth-order valence-corrected chi connectivity index (χ4v) is 3.02. The molecule has 2 saturated heterocycles. The second kappa shape index (κ2) is 9.01. The van der Waals surface area contributed by atoms with Gasteiger partial charge in [0, 0.05) is 19.1 Å². The van der Waals surface area contributed by atoms with Gasteiger partial charge in [-0.05, 0) is 45.7 Å². The Balaban J connectivity index is 0.00000162. The molecule has 114 valence electrons. The van der Waals surface area contributed by atoms with Gasteiger partial charge in [0.05, 0.1) is 6.04 Å². The SMILES string of the molecule is CC(N)C(=O)N1CCC(N2CCCCC2)CC1.Cl.Cl. The lowest BCUT2D eigenvalue weighted by molar-refractivity contribution is -0.133. The molecule has 1 atom stereocenters. The van der Waals surface area contributed by atoms with Crippen molar-refractivity contribution in [2.45, 2.75) is 51.1 Å². The number of likely N-dealkylation sites (tertiary alicyclic amines) is 2. The highest BCUT2D eigenvalue weighted by Crippen LogP contribution is 2.20. The number of nitrogens with zero attached hydrogens (tertiary/aromatic N) is 2. The number of amides is 1. The molecule has 0 spiro atoms. The summed E-state index contributed by atoms with van der Waals surface area (Å²) in [6, 6.07) is 0.356. The predicted octanol–water partition coefficient (Wildman–Crippen LogP) is 1.65. The summed E-state index contributed by atoms with van der Waals surface area (Å²) >= 11 is 0. The number of piperidine rings is 2. The van der Waals surface area contributed by atoms with E-state index in [1.807, 2.05) is 4.90 Å². The van der Waals surface area contributed by atoms with Gasteiger partial charge in [0.15, 0.2) is 0 Å². The Labute approximate surface area is 128 Å². The van der Waals surface area contributed by atoms with Crippen LogP contribution in [0.15, 0.2) is 0 Å². The fourth-order valence-electron chi connectivity index (χ4n) is 3.02. The molecular weight excluding hydrogens is 285 g/mol. The van der Waals surface area contributed by atoms with Gasteiger partial charge in [-0.25, -0.2) is 0 Å². The molecule has 0 aromatic rings. The molecule has 2 fully saturated rings. The highest BCUT2D eigenvalue weighted by molar-refractivity contribution is 5.85. The molecule has 2 aliphatic heterocycles. The van der Waals surface area contributed by atoms with Crippen LogP contribution < -0.4 is 5.73 Å².